The van der Waals surface area contributed by atoms with Gasteiger partial charge >= 0.3 is 0 Å². The Bertz CT molecular complexity index is 766. The molecule has 0 unspecified atom stereocenters. The highest BCUT2D eigenvalue weighted by Gasteiger charge is 2.37. The Morgan fingerprint density at radius 2 is 1.75 bits per heavy atom. The number of hydrogen-bond donors (Lipinski definition) is 0. The van der Waals surface area contributed by atoms with Crippen LogP contribution in [0.2, 0.25) is 0 Å². The highest BCUT2D eigenvalue weighted by Crippen LogP contribution is 2.31. The highest BCUT2D eigenvalue weighted by atomic mass is 16.6. The summed E-state index contributed by atoms with van der Waals surface area (Å²) in [5.41, 5.74) is 0.465. The standard InChI is InChI=1S/C14H8N2O4/c17-14-11-7-6-10(16(19)20)8-12(11)15(18)13(14)9-4-2-1-3-5-9/h1-8H. The number of non-ortho nitro benzene ring substituents is 1. The zero-order valence-corrected chi connectivity index (χ0v) is 10.1. The lowest BCUT2D eigenvalue weighted by molar-refractivity contribution is -0.387. The van der Waals surface area contributed by atoms with E-state index >= 15 is 0 Å². The van der Waals surface area contributed by atoms with E-state index in [1.165, 1.54) is 12.1 Å². The molecule has 0 aromatic heterocycles. The van der Waals surface area contributed by atoms with E-state index in [1.54, 1.807) is 30.3 Å². The number of rotatable bonds is 2. The highest BCUT2D eigenvalue weighted by molar-refractivity contribution is 6.52. The number of nitrogens with zero attached hydrogens (tertiary/aromatic N) is 2. The predicted molar refractivity (Wildman–Crippen MR) is 71.3 cm³/mol. The van der Waals surface area contributed by atoms with Crippen molar-refractivity contribution in [3.8, 4) is 0 Å². The smallest absolute Gasteiger partial charge is 0.276 e. The van der Waals surface area contributed by atoms with Gasteiger partial charge < -0.3 is 5.21 Å². The number of fused-ring (bicyclic) bond motifs is 1. The Kier molecular flexibility index (Phi) is 2.57. The molecule has 0 saturated carbocycles. The zero-order valence-electron chi connectivity index (χ0n) is 10.1. The molecule has 0 amide bonds. The van der Waals surface area contributed by atoms with Crippen LogP contribution >= 0.6 is 0 Å². The van der Waals surface area contributed by atoms with Crippen molar-refractivity contribution >= 4 is 22.9 Å². The molecule has 2 aromatic rings. The number of benzene rings is 2. The molecule has 0 spiro atoms. The van der Waals surface area contributed by atoms with Crippen LogP contribution < -0.4 is 0 Å². The van der Waals surface area contributed by atoms with Gasteiger partial charge in [0.25, 0.3) is 17.2 Å². The second-order valence-electron chi connectivity index (χ2n) is 4.30. The molecule has 3 rings (SSSR count). The molecule has 2 aromatic carbocycles. The molecule has 1 aliphatic rings. The SMILES string of the molecule is O=C1C(c2ccccc2)=[N+]([O-])c2cc([N+](=O)[O-])ccc21. The van der Waals surface area contributed by atoms with Gasteiger partial charge in [-0.3, -0.25) is 14.9 Å². The minimum absolute atomic E-state index is 0.0129. The van der Waals surface area contributed by atoms with Gasteiger partial charge in [0.1, 0.15) is 5.56 Å². The summed E-state index contributed by atoms with van der Waals surface area (Å²) in [7, 11) is 0. The molecule has 98 valence electrons. The molecule has 0 radical (unpaired) electrons. The van der Waals surface area contributed by atoms with E-state index in [0.717, 1.165) is 6.07 Å². The molecule has 20 heavy (non-hydrogen) atoms. The Balaban J connectivity index is 2.19. The largest absolute Gasteiger partial charge is 0.618 e. The molecular formula is C14H8N2O4. The molecule has 0 fully saturated rings. The third-order valence-electron chi connectivity index (χ3n) is 3.12. The number of nitro groups is 1. The average Bonchev–Trinajstić information content (AvgIpc) is 2.71. The first-order valence-corrected chi connectivity index (χ1v) is 5.82. The Labute approximate surface area is 113 Å². The van der Waals surface area contributed by atoms with Gasteiger partial charge in [-0.1, -0.05) is 18.2 Å². The number of hydrogen-bond acceptors (Lipinski definition) is 4. The third-order valence-corrected chi connectivity index (χ3v) is 3.12. The normalized spacial score (nSPS) is 13.5. The van der Waals surface area contributed by atoms with Gasteiger partial charge in [-0.25, -0.2) is 0 Å². The quantitative estimate of drug-likeness (QED) is 0.362. The van der Waals surface area contributed by atoms with Crippen LogP contribution in [0.15, 0.2) is 48.5 Å². The summed E-state index contributed by atoms with van der Waals surface area (Å²) in [5.74, 6) is -0.420. The maximum absolute atomic E-state index is 12.2. The molecule has 0 aliphatic carbocycles. The third kappa shape index (κ3) is 1.66. The maximum atomic E-state index is 12.2. The van der Waals surface area contributed by atoms with Crippen LogP contribution in [-0.2, 0) is 0 Å². The van der Waals surface area contributed by atoms with E-state index < -0.39 is 10.7 Å². The monoisotopic (exact) mass is 268 g/mol. The first-order valence-electron chi connectivity index (χ1n) is 5.82. The molecule has 6 heteroatoms. The number of nitro benzene ring substituents is 1. The number of carbonyl (C=O) groups is 1. The van der Waals surface area contributed by atoms with Gasteiger partial charge in [0.05, 0.1) is 16.6 Å². The van der Waals surface area contributed by atoms with Gasteiger partial charge in [-0.05, 0) is 18.2 Å². The van der Waals surface area contributed by atoms with Crippen LogP contribution in [-0.4, -0.2) is 21.2 Å². The minimum Gasteiger partial charge on any atom is -0.618 e. The fraction of sp³-hybridized carbons (Fsp3) is 0. The predicted octanol–water partition coefficient (Wildman–Crippen LogP) is 2.42. The molecule has 1 aliphatic heterocycles. The van der Waals surface area contributed by atoms with Gasteiger partial charge in [-0.15, -0.1) is 0 Å². The summed E-state index contributed by atoms with van der Waals surface area (Å²) in [4.78, 5) is 22.4. The molecular weight excluding hydrogens is 260 g/mol. The molecule has 0 N–H and O–H groups in total. The van der Waals surface area contributed by atoms with Crippen LogP contribution in [0.3, 0.4) is 0 Å². The first-order chi connectivity index (χ1) is 9.59. The second kappa shape index (κ2) is 4.27. The molecule has 0 atom stereocenters. The molecule has 0 saturated heterocycles. The van der Waals surface area contributed by atoms with Crippen LogP contribution in [0, 0.1) is 15.3 Å². The Hall–Kier alpha value is -3.02. The zero-order chi connectivity index (χ0) is 14.3. The minimum atomic E-state index is -0.598. The summed E-state index contributed by atoms with van der Waals surface area (Å²) in [5, 5.41) is 23.0. The van der Waals surface area contributed by atoms with Gasteiger partial charge in [0.15, 0.2) is 0 Å². The lowest BCUT2D eigenvalue weighted by Crippen LogP contribution is -2.16. The fourth-order valence-electron chi connectivity index (χ4n) is 2.18. The van der Waals surface area contributed by atoms with Crippen molar-refractivity contribution in [2.45, 2.75) is 0 Å². The Morgan fingerprint density at radius 3 is 2.40 bits per heavy atom. The van der Waals surface area contributed by atoms with E-state index in [-0.39, 0.29) is 22.6 Å². The summed E-state index contributed by atoms with van der Waals surface area (Å²) < 4.78 is 0.458. The molecule has 6 nitrogen and oxygen atoms in total. The topological polar surface area (TPSA) is 86.3 Å². The number of carbonyl (C=O) groups excluding carboxylic acids is 1. The maximum Gasteiger partial charge on any atom is 0.276 e. The van der Waals surface area contributed by atoms with Crippen molar-refractivity contribution < 1.29 is 14.5 Å². The molecule has 0 bridgehead atoms. The average molecular weight is 268 g/mol. The number of ketones is 1. The summed E-state index contributed by atoms with van der Waals surface area (Å²) >= 11 is 0. The van der Waals surface area contributed by atoms with Gasteiger partial charge in [0.2, 0.25) is 5.69 Å². The summed E-state index contributed by atoms with van der Waals surface area (Å²) in [6.07, 6.45) is 0. The van der Waals surface area contributed by atoms with Crippen LogP contribution in [0.4, 0.5) is 11.4 Å². The van der Waals surface area contributed by atoms with Crippen molar-refractivity contribution in [2.24, 2.45) is 0 Å². The van der Waals surface area contributed by atoms with E-state index in [0.29, 0.717) is 10.3 Å². The Morgan fingerprint density at radius 1 is 1.05 bits per heavy atom. The van der Waals surface area contributed by atoms with Crippen molar-refractivity contribution in [2.75, 3.05) is 0 Å². The van der Waals surface area contributed by atoms with E-state index in [2.05, 4.69) is 0 Å². The molecule has 1 heterocycles. The lowest BCUT2D eigenvalue weighted by atomic mass is 10.0. The fourth-order valence-corrected chi connectivity index (χ4v) is 2.18. The van der Waals surface area contributed by atoms with E-state index in [1.807, 2.05) is 0 Å². The van der Waals surface area contributed by atoms with Crippen LogP contribution in [0.5, 0.6) is 0 Å². The van der Waals surface area contributed by atoms with Crippen molar-refractivity contribution in [1.29, 1.82) is 0 Å². The lowest BCUT2D eigenvalue weighted by Gasteiger charge is -2.01. The van der Waals surface area contributed by atoms with Crippen molar-refractivity contribution in [3.63, 3.8) is 0 Å². The van der Waals surface area contributed by atoms with Crippen molar-refractivity contribution in [3.05, 3.63) is 75.0 Å². The summed E-state index contributed by atoms with van der Waals surface area (Å²) in [6.45, 7) is 0. The first kappa shape index (κ1) is 12.0. The van der Waals surface area contributed by atoms with Crippen LogP contribution in [0.25, 0.3) is 0 Å². The van der Waals surface area contributed by atoms with Gasteiger partial charge in [0, 0.05) is 6.07 Å². The van der Waals surface area contributed by atoms with Crippen LogP contribution in [0.1, 0.15) is 15.9 Å². The van der Waals surface area contributed by atoms with E-state index in [9.17, 15) is 20.1 Å². The summed E-state index contributed by atoms with van der Waals surface area (Å²) in [6, 6.07) is 12.2. The number of Topliss-reactive ketones (excluding diaryl/α,β-unsaturated/α-hetero) is 1. The second-order valence-corrected chi connectivity index (χ2v) is 4.30. The van der Waals surface area contributed by atoms with E-state index in [4.69, 9.17) is 0 Å². The van der Waals surface area contributed by atoms with Gasteiger partial charge in [-0.2, -0.15) is 4.74 Å². The van der Waals surface area contributed by atoms with Crippen molar-refractivity contribution in [1.82, 2.24) is 0 Å².